The summed E-state index contributed by atoms with van der Waals surface area (Å²) in [4.78, 5) is 32.8. The van der Waals surface area contributed by atoms with E-state index >= 15 is 0 Å². The molecule has 2 saturated heterocycles. The molecule has 0 radical (unpaired) electrons. The van der Waals surface area contributed by atoms with Gasteiger partial charge >= 0.3 is 12.0 Å². The quantitative estimate of drug-likeness (QED) is 0.815. The zero-order chi connectivity index (χ0) is 18.4. The van der Waals surface area contributed by atoms with E-state index in [9.17, 15) is 9.59 Å². The molecule has 142 valence electrons. The van der Waals surface area contributed by atoms with E-state index in [1.54, 1.807) is 18.0 Å². The molecule has 0 saturated carbocycles. The van der Waals surface area contributed by atoms with E-state index in [1.807, 2.05) is 12.1 Å². The van der Waals surface area contributed by atoms with Crippen molar-refractivity contribution in [3.05, 3.63) is 23.9 Å². The number of piperidine rings is 1. The van der Waals surface area contributed by atoms with Gasteiger partial charge in [-0.2, -0.15) is 0 Å². The Morgan fingerprint density at radius 2 is 2.08 bits per heavy atom. The fraction of sp³-hybridized carbons (Fsp3) is 0.632. The molecule has 2 aliphatic heterocycles. The second-order valence-corrected chi connectivity index (χ2v) is 6.91. The number of likely N-dealkylation sites (tertiary alicyclic amines) is 1. The first-order valence-electron chi connectivity index (χ1n) is 9.56. The van der Waals surface area contributed by atoms with E-state index in [0.29, 0.717) is 26.2 Å². The highest BCUT2D eigenvalue weighted by Gasteiger charge is 2.29. The third-order valence-electron chi connectivity index (χ3n) is 5.01. The number of ether oxygens (including phenoxy) is 1. The lowest BCUT2D eigenvalue weighted by Gasteiger charge is -2.31. The van der Waals surface area contributed by atoms with Crippen molar-refractivity contribution in [1.29, 1.82) is 0 Å². The predicted octanol–water partition coefficient (Wildman–Crippen LogP) is 2.17. The van der Waals surface area contributed by atoms with Gasteiger partial charge in [0.05, 0.1) is 12.5 Å². The summed E-state index contributed by atoms with van der Waals surface area (Å²) < 4.78 is 5.09. The summed E-state index contributed by atoms with van der Waals surface area (Å²) in [6.45, 7) is 5.84. The number of urea groups is 1. The Morgan fingerprint density at radius 3 is 2.85 bits per heavy atom. The van der Waals surface area contributed by atoms with Gasteiger partial charge in [0.25, 0.3) is 0 Å². The molecular weight excluding hydrogens is 332 g/mol. The summed E-state index contributed by atoms with van der Waals surface area (Å²) in [7, 11) is 0. The van der Waals surface area contributed by atoms with Gasteiger partial charge in [0.15, 0.2) is 0 Å². The summed E-state index contributed by atoms with van der Waals surface area (Å²) in [5.41, 5.74) is 1.04. The van der Waals surface area contributed by atoms with Crippen molar-refractivity contribution < 1.29 is 14.3 Å². The van der Waals surface area contributed by atoms with Crippen LogP contribution in [0.4, 0.5) is 10.6 Å². The van der Waals surface area contributed by atoms with Crippen molar-refractivity contribution in [3.63, 3.8) is 0 Å². The van der Waals surface area contributed by atoms with Gasteiger partial charge in [-0.15, -0.1) is 0 Å². The van der Waals surface area contributed by atoms with Gasteiger partial charge in [0, 0.05) is 38.9 Å². The number of anilines is 1. The number of carbonyl (C=O) groups excluding carboxylic acids is 2. The molecule has 1 aromatic heterocycles. The Bertz CT molecular complexity index is 631. The number of esters is 1. The van der Waals surface area contributed by atoms with Crippen LogP contribution in [0.3, 0.4) is 0 Å². The van der Waals surface area contributed by atoms with Crippen molar-refractivity contribution in [1.82, 2.24) is 15.2 Å². The number of pyridine rings is 1. The predicted molar refractivity (Wildman–Crippen MR) is 98.8 cm³/mol. The van der Waals surface area contributed by atoms with Crippen molar-refractivity contribution in [2.24, 2.45) is 5.92 Å². The molecule has 2 aliphatic rings. The first kappa shape index (κ1) is 18.5. The number of nitrogens with one attached hydrogen (secondary N) is 1. The maximum Gasteiger partial charge on any atom is 0.317 e. The molecule has 1 N–H and O–H groups in total. The van der Waals surface area contributed by atoms with Crippen molar-refractivity contribution in [2.75, 3.05) is 37.7 Å². The molecule has 2 fully saturated rings. The molecule has 0 spiro atoms. The highest BCUT2D eigenvalue weighted by atomic mass is 16.5. The van der Waals surface area contributed by atoms with Gasteiger partial charge in [0.2, 0.25) is 0 Å². The van der Waals surface area contributed by atoms with Crippen LogP contribution in [0.15, 0.2) is 18.3 Å². The summed E-state index contributed by atoms with van der Waals surface area (Å²) in [6.07, 6.45) is 5.82. The molecule has 0 aliphatic carbocycles. The Hall–Kier alpha value is -2.31. The fourth-order valence-corrected chi connectivity index (χ4v) is 3.59. The number of rotatable bonds is 5. The Morgan fingerprint density at radius 1 is 1.27 bits per heavy atom. The molecule has 7 heteroatoms. The molecular formula is C19H28N4O3. The zero-order valence-electron chi connectivity index (χ0n) is 15.4. The summed E-state index contributed by atoms with van der Waals surface area (Å²) in [5, 5.41) is 2.97. The van der Waals surface area contributed by atoms with E-state index in [4.69, 9.17) is 4.74 Å². The van der Waals surface area contributed by atoms with Gasteiger partial charge < -0.3 is 19.9 Å². The van der Waals surface area contributed by atoms with Crippen molar-refractivity contribution in [2.45, 2.75) is 39.2 Å². The Kier molecular flexibility index (Phi) is 6.30. The van der Waals surface area contributed by atoms with Crippen LogP contribution < -0.4 is 10.2 Å². The van der Waals surface area contributed by atoms with Crippen LogP contribution >= 0.6 is 0 Å². The molecule has 1 aromatic rings. The largest absolute Gasteiger partial charge is 0.466 e. The lowest BCUT2D eigenvalue weighted by Crippen LogP contribution is -2.47. The van der Waals surface area contributed by atoms with Crippen molar-refractivity contribution >= 4 is 17.8 Å². The third kappa shape index (κ3) is 4.65. The molecule has 0 bridgehead atoms. The Labute approximate surface area is 154 Å². The van der Waals surface area contributed by atoms with Crippen LogP contribution in [0.2, 0.25) is 0 Å². The maximum absolute atomic E-state index is 12.5. The van der Waals surface area contributed by atoms with Crippen LogP contribution in [0, 0.1) is 5.92 Å². The number of carbonyl (C=O) groups is 2. The van der Waals surface area contributed by atoms with Gasteiger partial charge in [-0.3, -0.25) is 4.79 Å². The first-order valence-corrected chi connectivity index (χ1v) is 9.56. The SMILES string of the molecule is CCOC(=O)C1CCCN(C(=O)NCc2ccnc(N3CCCC3)c2)C1. The van der Waals surface area contributed by atoms with E-state index in [0.717, 1.165) is 37.3 Å². The molecule has 7 nitrogen and oxygen atoms in total. The van der Waals surface area contributed by atoms with E-state index < -0.39 is 0 Å². The number of hydrogen-bond acceptors (Lipinski definition) is 5. The van der Waals surface area contributed by atoms with Gasteiger partial charge in [0.1, 0.15) is 5.82 Å². The van der Waals surface area contributed by atoms with E-state index in [-0.39, 0.29) is 17.9 Å². The van der Waals surface area contributed by atoms with Crippen LogP contribution in [0.5, 0.6) is 0 Å². The average molecular weight is 360 g/mol. The number of aromatic nitrogens is 1. The number of hydrogen-bond donors (Lipinski definition) is 1. The van der Waals surface area contributed by atoms with E-state index in [1.165, 1.54) is 12.8 Å². The molecule has 26 heavy (non-hydrogen) atoms. The molecule has 3 heterocycles. The monoisotopic (exact) mass is 360 g/mol. The topological polar surface area (TPSA) is 74.8 Å². The molecule has 1 unspecified atom stereocenters. The van der Waals surface area contributed by atoms with Crippen LogP contribution in [0.25, 0.3) is 0 Å². The maximum atomic E-state index is 12.5. The lowest BCUT2D eigenvalue weighted by atomic mass is 9.98. The first-order chi connectivity index (χ1) is 12.7. The standard InChI is InChI=1S/C19H28N4O3/c1-2-26-18(24)16-6-5-11-23(14-16)19(25)21-13-15-7-8-20-17(12-15)22-9-3-4-10-22/h7-8,12,16H,2-6,9-11,13-14H2,1H3,(H,21,25). The molecule has 3 rings (SSSR count). The number of nitrogens with zero attached hydrogens (tertiary/aromatic N) is 3. The third-order valence-corrected chi connectivity index (χ3v) is 5.01. The van der Waals surface area contributed by atoms with E-state index in [2.05, 4.69) is 15.2 Å². The zero-order valence-corrected chi connectivity index (χ0v) is 15.4. The van der Waals surface area contributed by atoms with Gasteiger partial charge in [-0.1, -0.05) is 0 Å². The molecule has 1 atom stereocenters. The van der Waals surface area contributed by atoms with Gasteiger partial charge in [-0.25, -0.2) is 9.78 Å². The second-order valence-electron chi connectivity index (χ2n) is 6.91. The minimum absolute atomic E-state index is 0.126. The smallest absolute Gasteiger partial charge is 0.317 e. The van der Waals surface area contributed by atoms with Crippen molar-refractivity contribution in [3.8, 4) is 0 Å². The fourth-order valence-electron chi connectivity index (χ4n) is 3.59. The normalized spacial score (nSPS) is 20.1. The summed E-state index contributed by atoms with van der Waals surface area (Å²) in [6, 6.07) is 3.85. The highest BCUT2D eigenvalue weighted by molar-refractivity contribution is 5.77. The van der Waals surface area contributed by atoms with Crippen LogP contribution in [-0.2, 0) is 16.1 Å². The van der Waals surface area contributed by atoms with Crippen LogP contribution in [0.1, 0.15) is 38.2 Å². The lowest BCUT2D eigenvalue weighted by molar-refractivity contribution is -0.149. The number of amides is 2. The highest BCUT2D eigenvalue weighted by Crippen LogP contribution is 2.20. The summed E-state index contributed by atoms with van der Waals surface area (Å²) >= 11 is 0. The average Bonchev–Trinajstić information content (AvgIpc) is 3.21. The Balaban J connectivity index is 1.52. The summed E-state index contributed by atoms with van der Waals surface area (Å²) in [5.74, 6) is 0.570. The van der Waals surface area contributed by atoms with Gasteiger partial charge in [-0.05, 0) is 50.3 Å². The second kappa shape index (κ2) is 8.87. The molecule has 2 amide bonds. The minimum atomic E-state index is -0.211. The van der Waals surface area contributed by atoms with Crippen LogP contribution in [-0.4, -0.2) is 54.7 Å². The minimum Gasteiger partial charge on any atom is -0.466 e. The molecule has 0 aromatic carbocycles.